The van der Waals surface area contributed by atoms with Crippen molar-refractivity contribution < 1.29 is 4.79 Å². The summed E-state index contributed by atoms with van der Waals surface area (Å²) in [5, 5.41) is 0. The van der Waals surface area contributed by atoms with Crippen LogP contribution in [0, 0.1) is 6.92 Å². The molecule has 0 radical (unpaired) electrons. The van der Waals surface area contributed by atoms with Gasteiger partial charge in [-0.2, -0.15) is 0 Å². The molecule has 2 heterocycles. The minimum absolute atomic E-state index is 0.0448. The highest BCUT2D eigenvalue weighted by Crippen LogP contribution is 2.16. The number of thiazole rings is 1. The second-order valence-electron chi connectivity index (χ2n) is 3.91. The summed E-state index contributed by atoms with van der Waals surface area (Å²) in [7, 11) is 1.78. The number of aryl methyl sites for hydroxylation is 1. The molecule has 0 atom stereocenters. The van der Waals surface area contributed by atoms with Crippen LogP contribution in [0.15, 0.2) is 28.4 Å². The van der Waals surface area contributed by atoms with Crippen LogP contribution >= 0.6 is 27.3 Å². The number of carbonyl (C=O) groups excluding carboxylic acids is 1. The van der Waals surface area contributed by atoms with Crippen LogP contribution in [0.25, 0.3) is 0 Å². The van der Waals surface area contributed by atoms with Crippen molar-refractivity contribution >= 4 is 33.2 Å². The van der Waals surface area contributed by atoms with Crippen LogP contribution in [-0.2, 0) is 6.54 Å². The Bertz CT molecular complexity index is 570. The van der Waals surface area contributed by atoms with E-state index in [1.165, 1.54) is 0 Å². The monoisotopic (exact) mass is 325 g/mol. The minimum Gasteiger partial charge on any atom is -0.336 e. The van der Waals surface area contributed by atoms with Crippen LogP contribution in [0.4, 0.5) is 0 Å². The van der Waals surface area contributed by atoms with Crippen LogP contribution in [0.2, 0.25) is 0 Å². The Labute approximate surface area is 118 Å². The summed E-state index contributed by atoms with van der Waals surface area (Å²) in [6.45, 7) is 2.52. The number of amides is 1. The van der Waals surface area contributed by atoms with E-state index in [1.807, 2.05) is 6.92 Å². The van der Waals surface area contributed by atoms with E-state index >= 15 is 0 Å². The molecule has 94 valence electrons. The SMILES string of the molecule is Cc1ncsc1CN(C)C(=O)c1cncc(Br)c1. The smallest absolute Gasteiger partial charge is 0.255 e. The van der Waals surface area contributed by atoms with Crippen molar-refractivity contribution in [3.05, 3.63) is 44.6 Å². The summed E-state index contributed by atoms with van der Waals surface area (Å²) >= 11 is 4.87. The fourth-order valence-electron chi connectivity index (χ4n) is 1.51. The van der Waals surface area contributed by atoms with Crippen molar-refractivity contribution in [3.63, 3.8) is 0 Å². The largest absolute Gasteiger partial charge is 0.336 e. The predicted molar refractivity (Wildman–Crippen MR) is 74.6 cm³/mol. The fraction of sp³-hybridized carbons (Fsp3) is 0.250. The first kappa shape index (κ1) is 13.2. The quantitative estimate of drug-likeness (QED) is 0.871. The molecule has 1 amide bonds. The Morgan fingerprint density at radius 2 is 2.28 bits per heavy atom. The molecule has 2 rings (SSSR count). The fourth-order valence-corrected chi connectivity index (χ4v) is 2.71. The van der Waals surface area contributed by atoms with Gasteiger partial charge in [-0.3, -0.25) is 9.78 Å². The number of pyridine rings is 1. The minimum atomic E-state index is -0.0448. The van der Waals surface area contributed by atoms with Crippen molar-refractivity contribution in [2.75, 3.05) is 7.05 Å². The van der Waals surface area contributed by atoms with Crippen LogP contribution in [0.5, 0.6) is 0 Å². The molecule has 0 aliphatic carbocycles. The lowest BCUT2D eigenvalue weighted by molar-refractivity contribution is 0.0785. The zero-order chi connectivity index (χ0) is 13.1. The van der Waals surface area contributed by atoms with Gasteiger partial charge in [-0.25, -0.2) is 4.98 Å². The van der Waals surface area contributed by atoms with E-state index in [1.54, 1.807) is 47.3 Å². The molecule has 0 N–H and O–H groups in total. The average molecular weight is 326 g/mol. The second-order valence-corrected chi connectivity index (χ2v) is 5.77. The zero-order valence-electron chi connectivity index (χ0n) is 10.1. The van der Waals surface area contributed by atoms with Gasteiger partial charge in [0.05, 0.1) is 23.3 Å². The summed E-state index contributed by atoms with van der Waals surface area (Å²) in [6, 6.07) is 1.77. The van der Waals surface area contributed by atoms with Gasteiger partial charge in [-0.15, -0.1) is 11.3 Å². The predicted octanol–water partition coefficient (Wildman–Crippen LogP) is 2.88. The Balaban J connectivity index is 2.12. The molecule has 0 saturated carbocycles. The van der Waals surface area contributed by atoms with Crippen molar-refractivity contribution in [2.24, 2.45) is 0 Å². The highest BCUT2D eigenvalue weighted by Gasteiger charge is 2.14. The number of carbonyl (C=O) groups is 1. The molecule has 4 nitrogen and oxygen atoms in total. The van der Waals surface area contributed by atoms with Crippen LogP contribution in [-0.4, -0.2) is 27.8 Å². The van der Waals surface area contributed by atoms with Crippen LogP contribution < -0.4 is 0 Å². The van der Waals surface area contributed by atoms with E-state index in [0.29, 0.717) is 12.1 Å². The van der Waals surface area contributed by atoms with Crippen molar-refractivity contribution in [1.29, 1.82) is 0 Å². The first-order valence-electron chi connectivity index (χ1n) is 5.33. The molecule has 0 aromatic carbocycles. The Morgan fingerprint density at radius 3 is 2.89 bits per heavy atom. The second kappa shape index (κ2) is 5.58. The third-order valence-electron chi connectivity index (χ3n) is 2.52. The van der Waals surface area contributed by atoms with Crippen molar-refractivity contribution in [2.45, 2.75) is 13.5 Å². The lowest BCUT2D eigenvalue weighted by Gasteiger charge is -2.16. The summed E-state index contributed by atoms with van der Waals surface area (Å²) in [5.41, 5.74) is 3.35. The van der Waals surface area contributed by atoms with Gasteiger partial charge in [0.2, 0.25) is 0 Å². The molecular formula is C12H12BrN3OS. The maximum absolute atomic E-state index is 12.2. The maximum Gasteiger partial charge on any atom is 0.255 e. The first-order chi connectivity index (χ1) is 8.58. The first-order valence-corrected chi connectivity index (χ1v) is 7.00. The summed E-state index contributed by atoms with van der Waals surface area (Å²) in [5.74, 6) is -0.0448. The maximum atomic E-state index is 12.2. The zero-order valence-corrected chi connectivity index (χ0v) is 12.5. The van der Waals surface area contributed by atoms with Gasteiger partial charge in [0, 0.05) is 28.8 Å². The number of halogens is 1. The molecule has 0 bridgehead atoms. The van der Waals surface area contributed by atoms with E-state index in [2.05, 4.69) is 25.9 Å². The summed E-state index contributed by atoms with van der Waals surface area (Å²) in [6.07, 6.45) is 3.23. The molecule has 6 heteroatoms. The molecule has 0 fully saturated rings. The van der Waals surface area contributed by atoms with Gasteiger partial charge in [-0.1, -0.05) is 0 Å². The topological polar surface area (TPSA) is 46.1 Å². The summed E-state index contributed by atoms with van der Waals surface area (Å²) in [4.78, 5) is 23.1. The third kappa shape index (κ3) is 2.94. The molecule has 2 aromatic heterocycles. The Kier molecular flexibility index (Phi) is 4.08. The highest BCUT2D eigenvalue weighted by atomic mass is 79.9. The lowest BCUT2D eigenvalue weighted by atomic mass is 10.2. The molecule has 0 saturated heterocycles. The molecule has 0 unspecified atom stereocenters. The molecule has 18 heavy (non-hydrogen) atoms. The number of hydrogen-bond donors (Lipinski definition) is 0. The molecule has 0 spiro atoms. The average Bonchev–Trinajstić information content (AvgIpc) is 2.74. The Morgan fingerprint density at radius 1 is 1.50 bits per heavy atom. The van der Waals surface area contributed by atoms with E-state index < -0.39 is 0 Å². The van der Waals surface area contributed by atoms with E-state index in [0.717, 1.165) is 15.0 Å². The standard InChI is InChI=1S/C12H12BrN3OS/c1-8-11(18-7-15-8)6-16(2)12(17)9-3-10(13)5-14-4-9/h3-5,7H,6H2,1-2H3. The van der Waals surface area contributed by atoms with Crippen molar-refractivity contribution in [1.82, 2.24) is 14.9 Å². The number of nitrogens with zero attached hydrogens (tertiary/aromatic N) is 3. The van der Waals surface area contributed by atoms with E-state index in [4.69, 9.17) is 0 Å². The molecule has 2 aromatic rings. The van der Waals surface area contributed by atoms with Gasteiger partial charge in [-0.05, 0) is 28.9 Å². The highest BCUT2D eigenvalue weighted by molar-refractivity contribution is 9.10. The normalized spacial score (nSPS) is 10.4. The molecular weight excluding hydrogens is 314 g/mol. The number of hydrogen-bond acceptors (Lipinski definition) is 4. The van der Waals surface area contributed by atoms with Gasteiger partial charge < -0.3 is 4.90 Å². The molecule has 0 aliphatic heterocycles. The van der Waals surface area contributed by atoms with Gasteiger partial charge >= 0.3 is 0 Å². The third-order valence-corrected chi connectivity index (χ3v) is 3.88. The lowest BCUT2D eigenvalue weighted by Crippen LogP contribution is -2.26. The Hall–Kier alpha value is -1.27. The van der Waals surface area contributed by atoms with Crippen LogP contribution in [0.3, 0.4) is 0 Å². The molecule has 0 aliphatic rings. The van der Waals surface area contributed by atoms with Gasteiger partial charge in [0.25, 0.3) is 5.91 Å². The van der Waals surface area contributed by atoms with E-state index in [9.17, 15) is 4.79 Å². The van der Waals surface area contributed by atoms with Gasteiger partial charge in [0.1, 0.15) is 0 Å². The van der Waals surface area contributed by atoms with Crippen molar-refractivity contribution in [3.8, 4) is 0 Å². The van der Waals surface area contributed by atoms with E-state index in [-0.39, 0.29) is 5.91 Å². The number of rotatable bonds is 3. The number of aromatic nitrogens is 2. The summed E-state index contributed by atoms with van der Waals surface area (Å²) < 4.78 is 0.802. The van der Waals surface area contributed by atoms with Gasteiger partial charge in [0.15, 0.2) is 0 Å². The van der Waals surface area contributed by atoms with Crippen LogP contribution in [0.1, 0.15) is 20.9 Å².